The van der Waals surface area contributed by atoms with E-state index in [1.165, 1.54) is 0 Å². The lowest BCUT2D eigenvalue weighted by Gasteiger charge is -2.32. The highest BCUT2D eigenvalue weighted by Crippen LogP contribution is 2.31. The van der Waals surface area contributed by atoms with Crippen molar-refractivity contribution >= 4 is 6.03 Å². The molecule has 2 aliphatic rings. The van der Waals surface area contributed by atoms with Crippen LogP contribution in [0.2, 0.25) is 0 Å². The van der Waals surface area contributed by atoms with Gasteiger partial charge in [0.15, 0.2) is 17.6 Å². The SMILES string of the molecule is O=C(NC[C@@H]1COc2ccccc2O1)N1CCCCC[C@@H]1c1ccncc1. The van der Waals surface area contributed by atoms with Gasteiger partial charge >= 0.3 is 6.03 Å². The van der Waals surface area contributed by atoms with Crippen LogP contribution < -0.4 is 14.8 Å². The molecule has 1 fully saturated rings. The topological polar surface area (TPSA) is 63.7 Å². The Labute approximate surface area is 159 Å². The summed E-state index contributed by atoms with van der Waals surface area (Å²) in [4.78, 5) is 19.0. The van der Waals surface area contributed by atoms with Gasteiger partial charge < -0.3 is 19.7 Å². The number of benzene rings is 1. The second-order valence-electron chi connectivity index (χ2n) is 7.02. The van der Waals surface area contributed by atoms with Crippen molar-refractivity contribution in [2.24, 2.45) is 0 Å². The lowest BCUT2D eigenvalue weighted by atomic mass is 10.0. The minimum atomic E-state index is -0.185. The van der Waals surface area contributed by atoms with Crippen molar-refractivity contribution in [1.82, 2.24) is 15.2 Å². The summed E-state index contributed by atoms with van der Waals surface area (Å²) in [5, 5.41) is 3.05. The van der Waals surface area contributed by atoms with E-state index in [9.17, 15) is 4.79 Å². The molecule has 2 aromatic rings. The van der Waals surface area contributed by atoms with Gasteiger partial charge in [-0.25, -0.2) is 4.79 Å². The van der Waals surface area contributed by atoms with E-state index in [4.69, 9.17) is 9.47 Å². The van der Waals surface area contributed by atoms with Gasteiger partial charge in [-0.3, -0.25) is 4.98 Å². The third-order valence-electron chi connectivity index (χ3n) is 5.15. The number of para-hydroxylation sites is 2. The van der Waals surface area contributed by atoms with Crippen molar-refractivity contribution in [2.45, 2.75) is 37.8 Å². The molecular weight excluding hydrogens is 342 g/mol. The average Bonchev–Trinajstić information content (AvgIpc) is 2.99. The molecule has 142 valence electrons. The maximum Gasteiger partial charge on any atom is 0.318 e. The van der Waals surface area contributed by atoms with Gasteiger partial charge in [0.25, 0.3) is 0 Å². The first-order valence-electron chi connectivity index (χ1n) is 9.64. The van der Waals surface area contributed by atoms with Gasteiger partial charge in [-0.05, 0) is 42.7 Å². The number of amides is 2. The Balaban J connectivity index is 1.39. The summed E-state index contributed by atoms with van der Waals surface area (Å²) >= 11 is 0. The van der Waals surface area contributed by atoms with Gasteiger partial charge in [-0.1, -0.05) is 25.0 Å². The Hall–Kier alpha value is -2.76. The number of aromatic nitrogens is 1. The molecule has 6 heteroatoms. The van der Waals surface area contributed by atoms with Gasteiger partial charge in [0.2, 0.25) is 0 Å². The highest BCUT2D eigenvalue weighted by atomic mass is 16.6. The van der Waals surface area contributed by atoms with Crippen LogP contribution in [0.5, 0.6) is 11.5 Å². The standard InChI is InChI=1S/C21H25N3O3/c25-21(23-14-17-15-26-19-7-3-4-8-20(19)27-17)24-13-5-1-2-6-18(24)16-9-11-22-12-10-16/h3-4,7-12,17-18H,1-2,5-6,13-15H2,(H,23,25)/t17-,18-/m1/s1. The van der Waals surface area contributed by atoms with Crippen LogP contribution in [-0.4, -0.2) is 41.7 Å². The summed E-state index contributed by atoms with van der Waals surface area (Å²) in [6.45, 7) is 1.63. The fourth-order valence-electron chi connectivity index (χ4n) is 3.75. The lowest BCUT2D eigenvalue weighted by molar-refractivity contribution is 0.0891. The molecule has 0 aliphatic carbocycles. The summed E-state index contributed by atoms with van der Waals surface area (Å²) in [5.74, 6) is 1.48. The second-order valence-corrected chi connectivity index (χ2v) is 7.02. The van der Waals surface area contributed by atoms with Crippen LogP contribution in [0, 0.1) is 0 Å². The Bertz CT molecular complexity index is 768. The van der Waals surface area contributed by atoms with E-state index >= 15 is 0 Å². The highest BCUT2D eigenvalue weighted by Gasteiger charge is 2.28. The fourth-order valence-corrected chi connectivity index (χ4v) is 3.75. The zero-order valence-electron chi connectivity index (χ0n) is 15.3. The van der Waals surface area contributed by atoms with Crippen molar-refractivity contribution in [1.29, 1.82) is 0 Å². The molecule has 2 aliphatic heterocycles. The van der Waals surface area contributed by atoms with Crippen LogP contribution in [-0.2, 0) is 0 Å². The van der Waals surface area contributed by atoms with E-state index in [1.807, 2.05) is 41.3 Å². The molecule has 27 heavy (non-hydrogen) atoms. The Morgan fingerprint density at radius 1 is 1.11 bits per heavy atom. The van der Waals surface area contributed by atoms with Crippen molar-refractivity contribution in [3.8, 4) is 11.5 Å². The molecule has 3 heterocycles. The van der Waals surface area contributed by atoms with Gasteiger partial charge in [-0.2, -0.15) is 0 Å². The molecule has 0 spiro atoms. The maximum absolute atomic E-state index is 12.9. The van der Waals surface area contributed by atoms with E-state index < -0.39 is 0 Å². The summed E-state index contributed by atoms with van der Waals surface area (Å²) in [5.41, 5.74) is 1.15. The molecular formula is C21H25N3O3. The molecule has 1 saturated heterocycles. The molecule has 0 saturated carbocycles. The van der Waals surface area contributed by atoms with Crippen molar-refractivity contribution in [3.63, 3.8) is 0 Å². The number of fused-ring (bicyclic) bond motifs is 1. The minimum Gasteiger partial charge on any atom is -0.486 e. The number of ether oxygens (including phenoxy) is 2. The molecule has 6 nitrogen and oxygen atoms in total. The maximum atomic E-state index is 12.9. The predicted octanol–water partition coefficient (Wildman–Crippen LogP) is 3.55. The summed E-state index contributed by atoms with van der Waals surface area (Å²) in [6.07, 6.45) is 7.70. The van der Waals surface area contributed by atoms with Crippen molar-refractivity contribution < 1.29 is 14.3 Å². The number of rotatable bonds is 3. The number of carbonyl (C=O) groups excluding carboxylic acids is 1. The van der Waals surface area contributed by atoms with Crippen LogP contribution >= 0.6 is 0 Å². The quantitative estimate of drug-likeness (QED) is 0.901. The zero-order chi connectivity index (χ0) is 18.5. The summed E-state index contributed by atoms with van der Waals surface area (Å²) < 4.78 is 11.7. The first-order valence-corrected chi connectivity index (χ1v) is 9.64. The number of likely N-dealkylation sites (tertiary alicyclic amines) is 1. The van der Waals surface area contributed by atoms with Crippen LogP contribution in [0.3, 0.4) is 0 Å². The molecule has 1 N–H and O–H groups in total. The molecule has 0 radical (unpaired) electrons. The molecule has 0 unspecified atom stereocenters. The number of hydrogen-bond acceptors (Lipinski definition) is 4. The molecule has 2 amide bonds. The molecule has 1 aromatic heterocycles. The van der Waals surface area contributed by atoms with Gasteiger partial charge in [-0.15, -0.1) is 0 Å². The lowest BCUT2D eigenvalue weighted by Crippen LogP contribution is -2.47. The van der Waals surface area contributed by atoms with Crippen LogP contribution in [0.15, 0.2) is 48.8 Å². The number of hydrogen-bond donors (Lipinski definition) is 1. The molecule has 0 bridgehead atoms. The Morgan fingerprint density at radius 3 is 2.78 bits per heavy atom. The van der Waals surface area contributed by atoms with Gasteiger partial charge in [0.1, 0.15) is 6.61 Å². The van der Waals surface area contributed by atoms with Crippen LogP contribution in [0.4, 0.5) is 4.79 Å². The van der Waals surface area contributed by atoms with E-state index in [0.717, 1.165) is 49.3 Å². The average molecular weight is 367 g/mol. The number of pyridine rings is 1. The van der Waals surface area contributed by atoms with E-state index in [2.05, 4.69) is 10.3 Å². The monoisotopic (exact) mass is 367 g/mol. The smallest absolute Gasteiger partial charge is 0.318 e. The summed E-state index contributed by atoms with van der Waals surface area (Å²) in [7, 11) is 0. The molecule has 4 rings (SSSR count). The predicted molar refractivity (Wildman–Crippen MR) is 102 cm³/mol. The molecule has 2 atom stereocenters. The van der Waals surface area contributed by atoms with E-state index in [1.54, 1.807) is 12.4 Å². The fraction of sp³-hybridized carbons (Fsp3) is 0.429. The molecule has 1 aromatic carbocycles. The summed E-state index contributed by atoms with van der Waals surface area (Å²) in [6, 6.07) is 11.7. The number of nitrogens with one attached hydrogen (secondary N) is 1. The third-order valence-corrected chi connectivity index (χ3v) is 5.15. The van der Waals surface area contributed by atoms with E-state index in [-0.39, 0.29) is 18.2 Å². The van der Waals surface area contributed by atoms with Gasteiger partial charge in [0.05, 0.1) is 12.6 Å². The number of nitrogens with zero attached hydrogens (tertiary/aromatic N) is 2. The van der Waals surface area contributed by atoms with Crippen LogP contribution in [0.25, 0.3) is 0 Å². The second kappa shape index (κ2) is 8.29. The normalized spacial score (nSPS) is 22.0. The third kappa shape index (κ3) is 4.15. The number of urea groups is 1. The first-order chi connectivity index (χ1) is 13.3. The Morgan fingerprint density at radius 2 is 1.93 bits per heavy atom. The minimum absolute atomic E-state index is 0.0406. The van der Waals surface area contributed by atoms with Gasteiger partial charge in [0, 0.05) is 18.9 Å². The van der Waals surface area contributed by atoms with Crippen molar-refractivity contribution in [3.05, 3.63) is 54.4 Å². The Kier molecular flexibility index (Phi) is 5.42. The highest BCUT2D eigenvalue weighted by molar-refractivity contribution is 5.74. The largest absolute Gasteiger partial charge is 0.486 e. The van der Waals surface area contributed by atoms with Crippen LogP contribution in [0.1, 0.15) is 37.3 Å². The zero-order valence-corrected chi connectivity index (χ0v) is 15.3. The first kappa shape index (κ1) is 17.6. The van der Waals surface area contributed by atoms with Crippen molar-refractivity contribution in [2.75, 3.05) is 19.7 Å². The number of carbonyl (C=O) groups is 1. The van der Waals surface area contributed by atoms with E-state index in [0.29, 0.717) is 13.2 Å².